The predicted octanol–water partition coefficient (Wildman–Crippen LogP) is -0.260. The summed E-state index contributed by atoms with van der Waals surface area (Å²) in [7, 11) is 7.90. The number of carbonyl (C=O) groups is 1. The van der Waals surface area contributed by atoms with Crippen LogP contribution >= 0.6 is 0 Å². The predicted molar refractivity (Wildman–Crippen MR) is 112 cm³/mol. The SMILES string of the molecule is CN=C(NCC(c1cnn(C)c1)N(C)C)N1CCN(CC(=O)NC(C)C)CC1. The normalized spacial score (nSPS) is 17.3. The highest BCUT2D eigenvalue weighted by Crippen LogP contribution is 2.16. The molecule has 1 saturated heterocycles. The van der Waals surface area contributed by atoms with Gasteiger partial charge in [-0.1, -0.05) is 0 Å². The zero-order valence-electron chi connectivity index (χ0n) is 18.1. The van der Waals surface area contributed by atoms with Gasteiger partial charge in [-0.15, -0.1) is 0 Å². The minimum atomic E-state index is 0.0938. The van der Waals surface area contributed by atoms with Gasteiger partial charge in [0, 0.05) is 64.6 Å². The van der Waals surface area contributed by atoms with Crippen molar-refractivity contribution in [1.82, 2.24) is 35.1 Å². The standard InChI is InChI=1S/C19H36N8O/c1-15(2)23-18(28)14-26-7-9-27(10-8-26)19(20-3)21-12-17(24(4)5)16-11-22-25(6)13-16/h11,13,15,17H,7-10,12,14H2,1-6H3,(H,20,21)(H,23,28). The highest BCUT2D eigenvalue weighted by molar-refractivity contribution is 5.80. The van der Waals surface area contributed by atoms with E-state index in [1.165, 1.54) is 5.56 Å². The van der Waals surface area contributed by atoms with Gasteiger partial charge in [-0.3, -0.25) is 19.4 Å². The maximum Gasteiger partial charge on any atom is 0.234 e. The van der Waals surface area contributed by atoms with E-state index in [2.05, 4.69) is 55.7 Å². The summed E-state index contributed by atoms with van der Waals surface area (Å²) in [5, 5.41) is 10.8. The van der Waals surface area contributed by atoms with E-state index in [0.29, 0.717) is 6.54 Å². The third kappa shape index (κ3) is 6.49. The number of aromatic nitrogens is 2. The van der Waals surface area contributed by atoms with Crippen LogP contribution in [0, 0.1) is 0 Å². The molecule has 2 heterocycles. The van der Waals surface area contributed by atoms with Crippen LogP contribution < -0.4 is 10.6 Å². The number of piperazine rings is 1. The summed E-state index contributed by atoms with van der Waals surface area (Å²) in [5.74, 6) is 0.998. The lowest BCUT2D eigenvalue weighted by Gasteiger charge is -2.37. The molecule has 1 amide bonds. The molecule has 1 aromatic rings. The van der Waals surface area contributed by atoms with Gasteiger partial charge in [-0.2, -0.15) is 5.10 Å². The molecule has 1 atom stereocenters. The zero-order chi connectivity index (χ0) is 20.7. The molecule has 0 saturated carbocycles. The Morgan fingerprint density at radius 2 is 1.96 bits per heavy atom. The van der Waals surface area contributed by atoms with E-state index in [1.54, 1.807) is 0 Å². The van der Waals surface area contributed by atoms with Crippen LogP contribution in [0.4, 0.5) is 0 Å². The molecule has 1 unspecified atom stereocenters. The van der Waals surface area contributed by atoms with E-state index in [0.717, 1.165) is 38.7 Å². The number of rotatable bonds is 7. The molecule has 2 rings (SSSR count). The number of aliphatic imine (C=N–C) groups is 1. The molecular weight excluding hydrogens is 356 g/mol. The first-order chi connectivity index (χ1) is 13.3. The third-order valence-corrected chi connectivity index (χ3v) is 4.89. The number of nitrogens with one attached hydrogen (secondary N) is 2. The van der Waals surface area contributed by atoms with Crippen LogP contribution in [0.5, 0.6) is 0 Å². The lowest BCUT2D eigenvalue weighted by atomic mass is 10.1. The number of guanidine groups is 1. The fraction of sp³-hybridized carbons (Fsp3) is 0.737. The van der Waals surface area contributed by atoms with Crippen molar-refractivity contribution in [2.75, 3.05) is 60.4 Å². The first-order valence-electron chi connectivity index (χ1n) is 9.92. The van der Waals surface area contributed by atoms with Crippen LogP contribution in [-0.4, -0.2) is 103 Å². The number of aryl methyl sites for hydroxylation is 1. The van der Waals surface area contributed by atoms with Crippen molar-refractivity contribution in [3.05, 3.63) is 18.0 Å². The molecule has 0 spiro atoms. The Bertz CT molecular complexity index is 646. The van der Waals surface area contributed by atoms with Crippen LogP contribution in [0.25, 0.3) is 0 Å². The molecule has 9 heteroatoms. The molecule has 9 nitrogen and oxygen atoms in total. The summed E-state index contributed by atoms with van der Waals surface area (Å²) in [6.45, 7) is 8.60. The average molecular weight is 393 g/mol. The fourth-order valence-electron chi connectivity index (χ4n) is 3.42. The van der Waals surface area contributed by atoms with Crippen LogP contribution in [0.15, 0.2) is 17.4 Å². The van der Waals surface area contributed by atoms with Crippen molar-refractivity contribution in [3.8, 4) is 0 Å². The van der Waals surface area contributed by atoms with Crippen molar-refractivity contribution in [1.29, 1.82) is 0 Å². The summed E-state index contributed by atoms with van der Waals surface area (Å²) in [5.41, 5.74) is 1.18. The Morgan fingerprint density at radius 1 is 1.29 bits per heavy atom. The third-order valence-electron chi connectivity index (χ3n) is 4.89. The monoisotopic (exact) mass is 392 g/mol. The second-order valence-electron chi connectivity index (χ2n) is 7.84. The topological polar surface area (TPSA) is 81.0 Å². The number of amides is 1. The lowest BCUT2D eigenvalue weighted by molar-refractivity contribution is -0.123. The number of carbonyl (C=O) groups excluding carboxylic acids is 1. The first-order valence-corrected chi connectivity index (χ1v) is 9.92. The quantitative estimate of drug-likeness (QED) is 0.492. The molecule has 0 aromatic carbocycles. The Labute approximate surface area is 168 Å². The molecule has 0 radical (unpaired) electrons. The number of hydrogen-bond acceptors (Lipinski definition) is 5. The van der Waals surface area contributed by atoms with Gasteiger partial charge in [0.15, 0.2) is 5.96 Å². The summed E-state index contributed by atoms with van der Waals surface area (Å²) in [6.07, 6.45) is 3.96. The van der Waals surface area contributed by atoms with Gasteiger partial charge in [0.25, 0.3) is 0 Å². The van der Waals surface area contributed by atoms with Gasteiger partial charge in [0.05, 0.1) is 18.8 Å². The number of nitrogens with zero attached hydrogens (tertiary/aromatic N) is 6. The molecule has 0 aliphatic carbocycles. The second kappa shape index (κ2) is 10.4. The Balaban J connectivity index is 1.85. The fourth-order valence-corrected chi connectivity index (χ4v) is 3.42. The van der Waals surface area contributed by atoms with Gasteiger partial charge < -0.3 is 20.4 Å². The minimum absolute atomic E-state index is 0.0938. The molecule has 0 bridgehead atoms. The molecule has 1 aliphatic rings. The smallest absolute Gasteiger partial charge is 0.234 e. The van der Waals surface area contributed by atoms with E-state index in [-0.39, 0.29) is 18.0 Å². The van der Waals surface area contributed by atoms with Crippen molar-refractivity contribution in [3.63, 3.8) is 0 Å². The molecule has 1 aliphatic heterocycles. The van der Waals surface area contributed by atoms with Gasteiger partial charge in [-0.25, -0.2) is 0 Å². The van der Waals surface area contributed by atoms with Crippen molar-refractivity contribution in [2.24, 2.45) is 12.0 Å². The first kappa shape index (κ1) is 22.2. The maximum absolute atomic E-state index is 12.0. The van der Waals surface area contributed by atoms with E-state index in [9.17, 15) is 4.79 Å². The molecule has 28 heavy (non-hydrogen) atoms. The number of likely N-dealkylation sites (N-methyl/N-ethyl adjacent to an activating group) is 1. The summed E-state index contributed by atoms with van der Waals surface area (Å²) in [4.78, 5) is 23.1. The van der Waals surface area contributed by atoms with Gasteiger partial charge in [0.2, 0.25) is 5.91 Å². The second-order valence-corrected chi connectivity index (χ2v) is 7.84. The van der Waals surface area contributed by atoms with E-state index < -0.39 is 0 Å². The zero-order valence-corrected chi connectivity index (χ0v) is 18.1. The largest absolute Gasteiger partial charge is 0.354 e. The molecule has 1 aromatic heterocycles. The van der Waals surface area contributed by atoms with E-state index >= 15 is 0 Å². The summed E-state index contributed by atoms with van der Waals surface area (Å²) < 4.78 is 1.83. The number of hydrogen-bond donors (Lipinski definition) is 2. The molecular formula is C19H36N8O. The van der Waals surface area contributed by atoms with Gasteiger partial charge in [0.1, 0.15) is 0 Å². The molecule has 158 valence electrons. The van der Waals surface area contributed by atoms with Crippen molar-refractivity contribution >= 4 is 11.9 Å². The van der Waals surface area contributed by atoms with Crippen molar-refractivity contribution < 1.29 is 4.79 Å². The lowest BCUT2D eigenvalue weighted by Crippen LogP contribution is -2.54. The van der Waals surface area contributed by atoms with Crippen LogP contribution in [0.1, 0.15) is 25.5 Å². The minimum Gasteiger partial charge on any atom is -0.354 e. The maximum atomic E-state index is 12.0. The van der Waals surface area contributed by atoms with E-state index in [4.69, 9.17) is 0 Å². The van der Waals surface area contributed by atoms with Crippen LogP contribution in [0.2, 0.25) is 0 Å². The summed E-state index contributed by atoms with van der Waals surface area (Å²) >= 11 is 0. The Morgan fingerprint density at radius 3 is 2.46 bits per heavy atom. The van der Waals surface area contributed by atoms with E-state index in [1.807, 2.05) is 38.8 Å². The highest BCUT2D eigenvalue weighted by Gasteiger charge is 2.23. The highest BCUT2D eigenvalue weighted by atomic mass is 16.2. The summed E-state index contributed by atoms with van der Waals surface area (Å²) in [6, 6.07) is 0.396. The van der Waals surface area contributed by atoms with Gasteiger partial charge in [-0.05, 0) is 27.9 Å². The van der Waals surface area contributed by atoms with Crippen LogP contribution in [0.3, 0.4) is 0 Å². The average Bonchev–Trinajstić information content (AvgIpc) is 3.04. The van der Waals surface area contributed by atoms with Crippen molar-refractivity contribution in [2.45, 2.75) is 25.9 Å². The molecule has 2 N–H and O–H groups in total. The Kier molecular flexibility index (Phi) is 8.25. The van der Waals surface area contributed by atoms with Gasteiger partial charge >= 0.3 is 0 Å². The van der Waals surface area contributed by atoms with Crippen LogP contribution in [-0.2, 0) is 11.8 Å². The Hall–Kier alpha value is -2.13. The molecule has 1 fully saturated rings.